The number of amides is 1. The van der Waals surface area contributed by atoms with Gasteiger partial charge in [0.25, 0.3) is 0 Å². The number of pyridine rings is 1. The summed E-state index contributed by atoms with van der Waals surface area (Å²) < 4.78 is 5.03. The highest BCUT2D eigenvalue weighted by atomic mass is 16.5. The van der Waals surface area contributed by atoms with Gasteiger partial charge in [0.1, 0.15) is 6.04 Å². The Kier molecular flexibility index (Phi) is 4.11. The minimum absolute atomic E-state index is 0.00243. The number of nitrogens with one attached hydrogen (secondary N) is 3. The summed E-state index contributed by atoms with van der Waals surface area (Å²) in [6.45, 7) is 2.51. The maximum atomic E-state index is 11.9. The predicted octanol–water partition coefficient (Wildman–Crippen LogP) is -0.0386. The fraction of sp³-hybridized carbons (Fsp3) is 0.500. The first kappa shape index (κ1) is 12.8. The number of nitrogens with zero attached hydrogens (tertiary/aromatic N) is 1. The molecule has 0 aromatic carbocycles. The Hall–Kier alpha value is -1.66. The van der Waals surface area contributed by atoms with Crippen LogP contribution in [0.25, 0.3) is 0 Å². The van der Waals surface area contributed by atoms with Gasteiger partial charge in [-0.3, -0.25) is 10.2 Å². The molecule has 0 radical (unpaired) electrons. The number of ether oxygens (including phenoxy) is 1. The van der Waals surface area contributed by atoms with Gasteiger partial charge < -0.3 is 10.1 Å². The monoisotopic (exact) mass is 250 g/mol. The van der Waals surface area contributed by atoms with Crippen LogP contribution in [-0.4, -0.2) is 30.1 Å². The van der Waals surface area contributed by atoms with Gasteiger partial charge in [-0.15, -0.1) is 0 Å². The molecular formula is C12H18N4O2. The van der Waals surface area contributed by atoms with E-state index in [0.29, 0.717) is 18.5 Å². The lowest BCUT2D eigenvalue weighted by Crippen LogP contribution is -2.43. The molecule has 2 heterocycles. The maximum absolute atomic E-state index is 11.9. The van der Waals surface area contributed by atoms with E-state index in [-0.39, 0.29) is 11.9 Å². The number of aromatic nitrogens is 1. The molecule has 18 heavy (non-hydrogen) atoms. The highest BCUT2D eigenvalue weighted by Crippen LogP contribution is 2.09. The SMILES string of the molecule is COc1cc(CNC(=O)C2CC(C)NN2)ccn1. The normalized spacial score (nSPS) is 22.8. The number of methoxy groups -OCH3 is 1. The highest BCUT2D eigenvalue weighted by Gasteiger charge is 2.26. The van der Waals surface area contributed by atoms with Gasteiger partial charge in [0.15, 0.2) is 0 Å². The van der Waals surface area contributed by atoms with Crippen LogP contribution in [0.5, 0.6) is 5.88 Å². The summed E-state index contributed by atoms with van der Waals surface area (Å²) >= 11 is 0. The van der Waals surface area contributed by atoms with E-state index in [4.69, 9.17) is 4.74 Å². The van der Waals surface area contributed by atoms with E-state index in [1.165, 1.54) is 0 Å². The van der Waals surface area contributed by atoms with Crippen LogP contribution in [0.15, 0.2) is 18.3 Å². The third kappa shape index (κ3) is 3.18. The molecule has 2 unspecified atom stereocenters. The summed E-state index contributed by atoms with van der Waals surface area (Å²) in [4.78, 5) is 15.9. The van der Waals surface area contributed by atoms with Gasteiger partial charge in [0.2, 0.25) is 11.8 Å². The van der Waals surface area contributed by atoms with Crippen molar-refractivity contribution in [1.82, 2.24) is 21.2 Å². The average molecular weight is 250 g/mol. The van der Waals surface area contributed by atoms with Crippen molar-refractivity contribution in [3.8, 4) is 5.88 Å². The molecule has 1 aromatic heterocycles. The summed E-state index contributed by atoms with van der Waals surface area (Å²) in [5.41, 5.74) is 6.96. The number of carbonyl (C=O) groups excluding carboxylic acids is 1. The van der Waals surface area contributed by atoms with Crippen LogP contribution in [0.2, 0.25) is 0 Å². The average Bonchev–Trinajstić information content (AvgIpc) is 2.83. The topological polar surface area (TPSA) is 75.3 Å². The smallest absolute Gasteiger partial charge is 0.238 e. The third-order valence-electron chi connectivity index (χ3n) is 2.88. The largest absolute Gasteiger partial charge is 0.481 e. The second-order valence-corrected chi connectivity index (χ2v) is 4.40. The maximum Gasteiger partial charge on any atom is 0.238 e. The third-order valence-corrected chi connectivity index (χ3v) is 2.88. The molecule has 1 saturated heterocycles. The van der Waals surface area contributed by atoms with E-state index in [1.54, 1.807) is 13.3 Å². The van der Waals surface area contributed by atoms with E-state index >= 15 is 0 Å². The van der Waals surface area contributed by atoms with Crippen molar-refractivity contribution < 1.29 is 9.53 Å². The van der Waals surface area contributed by atoms with Crippen LogP contribution in [0.1, 0.15) is 18.9 Å². The molecule has 98 valence electrons. The fourth-order valence-electron chi connectivity index (χ4n) is 1.87. The van der Waals surface area contributed by atoms with E-state index in [2.05, 4.69) is 21.2 Å². The summed E-state index contributed by atoms with van der Waals surface area (Å²) in [6.07, 6.45) is 2.46. The van der Waals surface area contributed by atoms with Crippen LogP contribution in [-0.2, 0) is 11.3 Å². The van der Waals surface area contributed by atoms with E-state index in [1.807, 2.05) is 19.1 Å². The summed E-state index contributed by atoms with van der Waals surface area (Å²) in [7, 11) is 1.57. The van der Waals surface area contributed by atoms with Gasteiger partial charge in [-0.05, 0) is 25.0 Å². The Morgan fingerprint density at radius 1 is 1.61 bits per heavy atom. The first-order valence-corrected chi connectivity index (χ1v) is 5.96. The van der Waals surface area contributed by atoms with Crippen LogP contribution >= 0.6 is 0 Å². The van der Waals surface area contributed by atoms with Crippen LogP contribution in [0.4, 0.5) is 0 Å². The molecule has 1 aliphatic heterocycles. The Morgan fingerprint density at radius 2 is 2.44 bits per heavy atom. The second-order valence-electron chi connectivity index (χ2n) is 4.40. The Balaban J connectivity index is 1.85. The first-order valence-electron chi connectivity index (χ1n) is 5.96. The zero-order valence-corrected chi connectivity index (χ0v) is 10.6. The number of rotatable bonds is 4. The van der Waals surface area contributed by atoms with Crippen LogP contribution in [0, 0.1) is 0 Å². The van der Waals surface area contributed by atoms with Crippen molar-refractivity contribution in [2.45, 2.75) is 32.0 Å². The lowest BCUT2D eigenvalue weighted by Gasteiger charge is -2.10. The van der Waals surface area contributed by atoms with Crippen molar-refractivity contribution in [3.05, 3.63) is 23.9 Å². The molecule has 1 aromatic rings. The predicted molar refractivity (Wildman–Crippen MR) is 66.8 cm³/mol. The number of carbonyl (C=O) groups is 1. The summed E-state index contributed by atoms with van der Waals surface area (Å²) in [6, 6.07) is 3.82. The lowest BCUT2D eigenvalue weighted by molar-refractivity contribution is -0.123. The number of hydrazine groups is 1. The molecule has 0 saturated carbocycles. The van der Waals surface area contributed by atoms with Gasteiger partial charge >= 0.3 is 0 Å². The minimum atomic E-state index is -0.163. The van der Waals surface area contributed by atoms with Crippen molar-refractivity contribution >= 4 is 5.91 Å². The molecule has 1 fully saturated rings. The molecule has 1 aliphatic rings. The molecule has 1 amide bonds. The quantitative estimate of drug-likeness (QED) is 0.699. The molecule has 0 aliphatic carbocycles. The van der Waals surface area contributed by atoms with Crippen molar-refractivity contribution in [1.29, 1.82) is 0 Å². The molecular weight excluding hydrogens is 232 g/mol. The van der Waals surface area contributed by atoms with E-state index in [0.717, 1.165) is 12.0 Å². The fourth-order valence-corrected chi connectivity index (χ4v) is 1.87. The van der Waals surface area contributed by atoms with Gasteiger partial charge in [-0.1, -0.05) is 0 Å². The van der Waals surface area contributed by atoms with Gasteiger partial charge in [-0.25, -0.2) is 10.4 Å². The van der Waals surface area contributed by atoms with Gasteiger partial charge in [-0.2, -0.15) is 0 Å². The molecule has 6 heteroatoms. The zero-order valence-electron chi connectivity index (χ0n) is 10.6. The number of hydrogen-bond acceptors (Lipinski definition) is 5. The first-order chi connectivity index (χ1) is 8.69. The molecule has 3 N–H and O–H groups in total. The van der Waals surface area contributed by atoms with Crippen molar-refractivity contribution in [2.24, 2.45) is 0 Å². The molecule has 2 rings (SSSR count). The van der Waals surface area contributed by atoms with E-state index < -0.39 is 0 Å². The Labute approximate surface area is 106 Å². The molecule has 0 spiro atoms. The Morgan fingerprint density at radius 3 is 3.11 bits per heavy atom. The highest BCUT2D eigenvalue weighted by molar-refractivity contribution is 5.82. The molecule has 0 bridgehead atoms. The van der Waals surface area contributed by atoms with Crippen molar-refractivity contribution in [2.75, 3.05) is 7.11 Å². The van der Waals surface area contributed by atoms with Crippen LogP contribution < -0.4 is 20.9 Å². The van der Waals surface area contributed by atoms with Crippen LogP contribution in [0.3, 0.4) is 0 Å². The molecule has 6 nitrogen and oxygen atoms in total. The zero-order chi connectivity index (χ0) is 13.0. The standard InChI is InChI=1S/C12H18N4O2/c1-8-5-10(16-15-8)12(17)14-7-9-3-4-13-11(6-9)18-2/h3-4,6,8,10,15-16H,5,7H2,1-2H3,(H,14,17). The summed E-state index contributed by atoms with van der Waals surface area (Å²) in [5, 5.41) is 2.89. The van der Waals surface area contributed by atoms with E-state index in [9.17, 15) is 4.79 Å². The summed E-state index contributed by atoms with van der Waals surface area (Å²) in [5.74, 6) is 0.554. The van der Waals surface area contributed by atoms with Gasteiger partial charge in [0.05, 0.1) is 7.11 Å². The lowest BCUT2D eigenvalue weighted by atomic mass is 10.1. The van der Waals surface area contributed by atoms with Crippen molar-refractivity contribution in [3.63, 3.8) is 0 Å². The van der Waals surface area contributed by atoms with Gasteiger partial charge in [0, 0.05) is 24.8 Å². The minimum Gasteiger partial charge on any atom is -0.481 e. The Bertz CT molecular complexity index is 424. The second kappa shape index (κ2) is 5.79. The molecule has 2 atom stereocenters. The number of hydrogen-bond donors (Lipinski definition) is 3.